The number of aromatic amines is 1. The van der Waals surface area contributed by atoms with Crippen LogP contribution in [0.1, 0.15) is 15.9 Å². The fraction of sp³-hybridized carbons (Fsp3) is 0.158. The first-order chi connectivity index (χ1) is 12.7. The summed E-state index contributed by atoms with van der Waals surface area (Å²) in [5.74, 6) is -0.377. The quantitative estimate of drug-likeness (QED) is 0.720. The van der Waals surface area contributed by atoms with E-state index in [1.54, 1.807) is 12.1 Å². The van der Waals surface area contributed by atoms with Gasteiger partial charge in [0.25, 0.3) is 5.91 Å². The van der Waals surface area contributed by atoms with Crippen molar-refractivity contribution in [1.82, 2.24) is 9.29 Å². The number of H-pyrrole nitrogens is 1. The molecule has 0 fully saturated rings. The van der Waals surface area contributed by atoms with E-state index in [-0.39, 0.29) is 16.4 Å². The van der Waals surface area contributed by atoms with Gasteiger partial charge in [-0.3, -0.25) is 9.59 Å². The number of anilines is 1. The molecule has 0 aliphatic rings. The molecular formula is C19H19N3O4S. The Balaban J connectivity index is 1.85. The molecule has 0 saturated carbocycles. The first-order valence-electron chi connectivity index (χ1n) is 8.16. The highest BCUT2D eigenvalue weighted by molar-refractivity contribution is 7.89. The number of pyridine rings is 1. The van der Waals surface area contributed by atoms with Crippen molar-refractivity contribution in [2.75, 3.05) is 19.4 Å². The summed E-state index contributed by atoms with van der Waals surface area (Å²) in [5, 5.41) is 3.64. The van der Waals surface area contributed by atoms with Gasteiger partial charge in [-0.25, -0.2) is 12.7 Å². The van der Waals surface area contributed by atoms with Crippen LogP contribution >= 0.6 is 0 Å². The number of fused-ring (bicyclic) bond motifs is 1. The van der Waals surface area contributed by atoms with E-state index < -0.39 is 10.0 Å². The van der Waals surface area contributed by atoms with Gasteiger partial charge in [0.1, 0.15) is 0 Å². The lowest BCUT2D eigenvalue weighted by Crippen LogP contribution is -2.22. The average Bonchev–Trinajstić information content (AvgIpc) is 2.61. The van der Waals surface area contributed by atoms with E-state index in [9.17, 15) is 18.0 Å². The Bertz CT molecular complexity index is 1180. The van der Waals surface area contributed by atoms with Gasteiger partial charge in [0.2, 0.25) is 15.6 Å². The van der Waals surface area contributed by atoms with Crippen molar-refractivity contribution in [2.24, 2.45) is 0 Å². The average molecular weight is 385 g/mol. The molecular weight excluding hydrogens is 366 g/mol. The number of hydrogen-bond acceptors (Lipinski definition) is 4. The lowest BCUT2D eigenvalue weighted by atomic mass is 10.1. The van der Waals surface area contributed by atoms with Crippen molar-refractivity contribution in [3.63, 3.8) is 0 Å². The maximum atomic E-state index is 12.4. The Kier molecular flexibility index (Phi) is 4.86. The molecule has 0 aliphatic carbocycles. The first-order valence-corrected chi connectivity index (χ1v) is 9.60. The zero-order chi connectivity index (χ0) is 19.8. The fourth-order valence-corrected chi connectivity index (χ4v) is 3.61. The first kappa shape index (κ1) is 18.8. The fourth-order valence-electron chi connectivity index (χ4n) is 2.70. The summed E-state index contributed by atoms with van der Waals surface area (Å²) in [6, 6.07) is 12.5. The van der Waals surface area contributed by atoms with E-state index in [1.807, 2.05) is 13.0 Å². The topological polar surface area (TPSA) is 99.3 Å². The predicted octanol–water partition coefficient (Wildman–Crippen LogP) is 2.34. The number of hydrogen-bond donors (Lipinski definition) is 2. The van der Waals surface area contributed by atoms with Gasteiger partial charge in [0.05, 0.1) is 10.4 Å². The smallest absolute Gasteiger partial charge is 0.255 e. The Morgan fingerprint density at radius 3 is 2.33 bits per heavy atom. The SMILES string of the molecule is Cc1cc(=O)[nH]c2cc(NC(=O)c3ccc(S(=O)(=O)N(C)C)cc3)ccc12. The van der Waals surface area contributed by atoms with Gasteiger partial charge in [-0.2, -0.15) is 0 Å². The van der Waals surface area contributed by atoms with Crippen LogP contribution in [0.4, 0.5) is 5.69 Å². The van der Waals surface area contributed by atoms with Crippen LogP contribution in [0.15, 0.2) is 58.2 Å². The van der Waals surface area contributed by atoms with Crippen LogP contribution in [0.5, 0.6) is 0 Å². The van der Waals surface area contributed by atoms with Crippen molar-refractivity contribution >= 4 is 32.5 Å². The Morgan fingerprint density at radius 1 is 1.04 bits per heavy atom. The number of amides is 1. The van der Waals surface area contributed by atoms with Gasteiger partial charge in [-0.1, -0.05) is 6.07 Å². The molecule has 2 N–H and O–H groups in total. The van der Waals surface area contributed by atoms with Gasteiger partial charge in [-0.15, -0.1) is 0 Å². The van der Waals surface area contributed by atoms with E-state index in [1.165, 1.54) is 44.4 Å². The monoisotopic (exact) mass is 385 g/mol. The summed E-state index contributed by atoms with van der Waals surface area (Å²) in [6.07, 6.45) is 0. The number of aryl methyl sites for hydroxylation is 1. The molecule has 140 valence electrons. The highest BCUT2D eigenvalue weighted by Gasteiger charge is 2.17. The summed E-state index contributed by atoms with van der Waals surface area (Å²) in [6.45, 7) is 1.85. The zero-order valence-corrected chi connectivity index (χ0v) is 15.9. The molecule has 0 saturated heterocycles. The van der Waals surface area contributed by atoms with E-state index in [0.717, 1.165) is 15.3 Å². The van der Waals surface area contributed by atoms with Crippen LogP contribution in [0, 0.1) is 6.92 Å². The normalized spacial score (nSPS) is 11.7. The van der Waals surface area contributed by atoms with E-state index in [4.69, 9.17) is 0 Å². The van der Waals surface area contributed by atoms with Crippen LogP contribution < -0.4 is 10.9 Å². The number of carbonyl (C=O) groups excluding carboxylic acids is 1. The van der Waals surface area contributed by atoms with Crippen molar-refractivity contribution in [1.29, 1.82) is 0 Å². The third-order valence-electron chi connectivity index (χ3n) is 4.20. The summed E-state index contributed by atoms with van der Waals surface area (Å²) < 4.78 is 25.3. The van der Waals surface area contributed by atoms with E-state index >= 15 is 0 Å². The number of benzene rings is 2. The highest BCUT2D eigenvalue weighted by atomic mass is 32.2. The third-order valence-corrected chi connectivity index (χ3v) is 6.03. The summed E-state index contributed by atoms with van der Waals surface area (Å²) in [4.78, 5) is 26.9. The Labute approximate surface area is 156 Å². The molecule has 1 aromatic heterocycles. The maximum Gasteiger partial charge on any atom is 0.255 e. The lowest BCUT2D eigenvalue weighted by Gasteiger charge is -2.12. The second-order valence-electron chi connectivity index (χ2n) is 6.34. The van der Waals surface area contributed by atoms with Crippen molar-refractivity contribution < 1.29 is 13.2 Å². The second kappa shape index (κ2) is 6.98. The van der Waals surface area contributed by atoms with Gasteiger partial charge < -0.3 is 10.3 Å². The number of rotatable bonds is 4. The van der Waals surface area contributed by atoms with Gasteiger partial charge in [0.15, 0.2) is 0 Å². The summed E-state index contributed by atoms with van der Waals surface area (Å²) >= 11 is 0. The molecule has 0 bridgehead atoms. The van der Waals surface area contributed by atoms with Crippen LogP contribution in [0.25, 0.3) is 10.9 Å². The number of nitrogens with one attached hydrogen (secondary N) is 2. The molecule has 1 heterocycles. The molecule has 3 rings (SSSR count). The zero-order valence-electron chi connectivity index (χ0n) is 15.1. The van der Waals surface area contributed by atoms with Crippen LogP contribution in [-0.4, -0.2) is 37.7 Å². The van der Waals surface area contributed by atoms with E-state index in [2.05, 4.69) is 10.3 Å². The summed E-state index contributed by atoms with van der Waals surface area (Å²) in [5.41, 5.74) is 2.12. The molecule has 2 aromatic carbocycles. The van der Waals surface area contributed by atoms with Gasteiger partial charge >= 0.3 is 0 Å². The second-order valence-corrected chi connectivity index (χ2v) is 8.49. The molecule has 27 heavy (non-hydrogen) atoms. The molecule has 8 heteroatoms. The number of nitrogens with zero attached hydrogens (tertiary/aromatic N) is 1. The largest absolute Gasteiger partial charge is 0.322 e. The number of sulfonamides is 1. The lowest BCUT2D eigenvalue weighted by molar-refractivity contribution is 0.102. The molecule has 0 radical (unpaired) electrons. The minimum absolute atomic E-state index is 0.114. The minimum atomic E-state index is -3.54. The van der Waals surface area contributed by atoms with Crippen LogP contribution in [0.2, 0.25) is 0 Å². The predicted molar refractivity (Wildman–Crippen MR) is 105 cm³/mol. The minimum Gasteiger partial charge on any atom is -0.322 e. The maximum absolute atomic E-state index is 12.4. The van der Waals surface area contributed by atoms with E-state index in [0.29, 0.717) is 16.8 Å². The standard InChI is InChI=1S/C19H19N3O4S/c1-12-10-18(23)21-17-11-14(6-9-16(12)17)20-19(24)13-4-7-15(8-5-13)27(25,26)22(2)3/h4-11H,1-3H3,(H,20,24)(H,21,23). The van der Waals surface area contributed by atoms with Crippen molar-refractivity contribution in [3.05, 3.63) is 70.0 Å². The molecule has 7 nitrogen and oxygen atoms in total. The third kappa shape index (κ3) is 3.76. The van der Waals surface area contributed by atoms with Gasteiger partial charge in [-0.05, 0) is 48.9 Å². The molecule has 0 spiro atoms. The molecule has 0 unspecified atom stereocenters. The number of aromatic nitrogens is 1. The Hall–Kier alpha value is -2.97. The molecule has 3 aromatic rings. The molecule has 1 amide bonds. The highest BCUT2D eigenvalue weighted by Crippen LogP contribution is 2.20. The number of carbonyl (C=O) groups is 1. The van der Waals surface area contributed by atoms with Crippen molar-refractivity contribution in [3.8, 4) is 0 Å². The summed E-state index contributed by atoms with van der Waals surface area (Å²) in [7, 11) is -0.651. The van der Waals surface area contributed by atoms with Crippen molar-refractivity contribution in [2.45, 2.75) is 11.8 Å². The van der Waals surface area contributed by atoms with Gasteiger partial charge in [0, 0.05) is 36.8 Å². The van der Waals surface area contributed by atoms with Crippen LogP contribution in [-0.2, 0) is 10.0 Å². The van der Waals surface area contributed by atoms with Crippen LogP contribution in [0.3, 0.4) is 0 Å². The Morgan fingerprint density at radius 2 is 1.70 bits per heavy atom. The molecule has 0 atom stereocenters. The molecule has 0 aliphatic heterocycles.